The summed E-state index contributed by atoms with van der Waals surface area (Å²) >= 11 is 0. The van der Waals surface area contributed by atoms with E-state index in [2.05, 4.69) is 0 Å². The number of epoxide rings is 2. The van der Waals surface area contributed by atoms with Crippen LogP contribution in [0.2, 0.25) is 0 Å². The van der Waals surface area contributed by atoms with E-state index in [0.717, 1.165) is 18.8 Å². The normalized spacial score (nSPS) is 25.4. The molecule has 0 radical (unpaired) electrons. The number of amides is 1. The smallest absolute Gasteiger partial charge is 0.254 e. The van der Waals surface area contributed by atoms with Gasteiger partial charge in [-0.25, -0.2) is 0 Å². The molecule has 0 bridgehead atoms. The van der Waals surface area contributed by atoms with Crippen molar-refractivity contribution >= 4 is 5.91 Å². The molecule has 2 atom stereocenters. The first-order valence-electron chi connectivity index (χ1n) is 5.90. The molecule has 4 nitrogen and oxygen atoms in total. The Morgan fingerprint density at radius 1 is 1.12 bits per heavy atom. The number of ether oxygens (including phenoxy) is 2. The van der Waals surface area contributed by atoms with Crippen molar-refractivity contribution in [3.05, 3.63) is 35.9 Å². The largest absolute Gasteiger partial charge is 0.371 e. The molecule has 4 heteroatoms. The van der Waals surface area contributed by atoms with E-state index in [1.165, 1.54) is 0 Å². The van der Waals surface area contributed by atoms with E-state index < -0.39 is 0 Å². The highest BCUT2D eigenvalue weighted by Crippen LogP contribution is 2.17. The lowest BCUT2D eigenvalue weighted by Gasteiger charge is -2.20. The fraction of sp³-hybridized carbons (Fsp3) is 0.462. The molecular formula is C13H15NO3. The first kappa shape index (κ1) is 10.7. The maximum Gasteiger partial charge on any atom is 0.254 e. The highest BCUT2D eigenvalue weighted by atomic mass is 16.6. The number of nitrogens with zero attached hydrogens (tertiary/aromatic N) is 1. The van der Waals surface area contributed by atoms with Crippen LogP contribution in [0.3, 0.4) is 0 Å². The predicted molar refractivity (Wildman–Crippen MR) is 61.8 cm³/mol. The van der Waals surface area contributed by atoms with Crippen LogP contribution in [0, 0.1) is 0 Å². The summed E-state index contributed by atoms with van der Waals surface area (Å²) in [7, 11) is 0. The summed E-state index contributed by atoms with van der Waals surface area (Å²) in [5.41, 5.74) is 0.730. The molecule has 0 spiro atoms. The van der Waals surface area contributed by atoms with E-state index in [9.17, 15) is 4.79 Å². The SMILES string of the molecule is O=C(c1ccccc1)N(CC1CO1)CC1CO1. The van der Waals surface area contributed by atoms with Crippen molar-refractivity contribution in [3.8, 4) is 0 Å². The van der Waals surface area contributed by atoms with E-state index in [0.29, 0.717) is 13.1 Å². The van der Waals surface area contributed by atoms with Crippen molar-refractivity contribution in [1.82, 2.24) is 4.90 Å². The van der Waals surface area contributed by atoms with Crippen LogP contribution < -0.4 is 0 Å². The summed E-state index contributed by atoms with van der Waals surface area (Å²) in [6.45, 7) is 2.88. The van der Waals surface area contributed by atoms with E-state index in [-0.39, 0.29) is 18.1 Å². The minimum Gasteiger partial charge on any atom is -0.371 e. The Labute approximate surface area is 100 Å². The van der Waals surface area contributed by atoms with Gasteiger partial charge in [-0.1, -0.05) is 18.2 Å². The molecule has 3 rings (SSSR count). The topological polar surface area (TPSA) is 45.4 Å². The highest BCUT2D eigenvalue weighted by Gasteiger charge is 2.33. The average molecular weight is 233 g/mol. The van der Waals surface area contributed by atoms with Crippen LogP contribution in [0.5, 0.6) is 0 Å². The molecule has 2 heterocycles. The van der Waals surface area contributed by atoms with E-state index >= 15 is 0 Å². The molecule has 2 aliphatic rings. The van der Waals surface area contributed by atoms with Gasteiger partial charge in [0.1, 0.15) is 0 Å². The Morgan fingerprint density at radius 2 is 1.65 bits per heavy atom. The number of benzene rings is 1. The third-order valence-electron chi connectivity index (χ3n) is 2.96. The molecule has 0 saturated carbocycles. The zero-order valence-corrected chi connectivity index (χ0v) is 9.54. The second kappa shape index (κ2) is 4.47. The molecule has 2 unspecified atom stereocenters. The summed E-state index contributed by atoms with van der Waals surface area (Å²) in [6, 6.07) is 9.36. The van der Waals surface area contributed by atoms with Gasteiger partial charge >= 0.3 is 0 Å². The monoisotopic (exact) mass is 233 g/mol. The van der Waals surface area contributed by atoms with Gasteiger partial charge in [0, 0.05) is 18.7 Å². The van der Waals surface area contributed by atoms with Crippen LogP contribution >= 0.6 is 0 Å². The zero-order valence-electron chi connectivity index (χ0n) is 9.54. The van der Waals surface area contributed by atoms with Gasteiger partial charge in [0.25, 0.3) is 5.91 Å². The lowest BCUT2D eigenvalue weighted by Crippen LogP contribution is -2.37. The van der Waals surface area contributed by atoms with Crippen LogP contribution in [-0.4, -0.2) is 49.3 Å². The van der Waals surface area contributed by atoms with Gasteiger partial charge in [0.15, 0.2) is 0 Å². The van der Waals surface area contributed by atoms with Gasteiger partial charge in [-0.2, -0.15) is 0 Å². The molecule has 0 N–H and O–H groups in total. The van der Waals surface area contributed by atoms with E-state index in [1.54, 1.807) is 0 Å². The van der Waals surface area contributed by atoms with Crippen LogP contribution in [0.4, 0.5) is 0 Å². The quantitative estimate of drug-likeness (QED) is 0.711. The summed E-state index contributed by atoms with van der Waals surface area (Å²) < 4.78 is 10.4. The van der Waals surface area contributed by atoms with Crippen molar-refractivity contribution in [2.75, 3.05) is 26.3 Å². The Balaban J connectivity index is 1.69. The third kappa shape index (κ3) is 2.84. The molecule has 90 valence electrons. The number of hydrogen-bond acceptors (Lipinski definition) is 3. The summed E-state index contributed by atoms with van der Waals surface area (Å²) in [6.07, 6.45) is 0.447. The summed E-state index contributed by atoms with van der Waals surface area (Å²) in [5.74, 6) is 0.0663. The molecule has 1 amide bonds. The van der Waals surface area contributed by atoms with Crippen LogP contribution in [0.1, 0.15) is 10.4 Å². The Morgan fingerprint density at radius 3 is 2.12 bits per heavy atom. The number of hydrogen-bond donors (Lipinski definition) is 0. The second-order valence-electron chi connectivity index (χ2n) is 4.49. The minimum atomic E-state index is 0.0663. The maximum atomic E-state index is 12.3. The van der Waals surface area contributed by atoms with Gasteiger partial charge < -0.3 is 14.4 Å². The van der Waals surface area contributed by atoms with Gasteiger partial charge in [-0.3, -0.25) is 4.79 Å². The first-order chi connectivity index (χ1) is 8.33. The predicted octanol–water partition coefficient (Wildman–Crippen LogP) is 0.926. The highest BCUT2D eigenvalue weighted by molar-refractivity contribution is 5.94. The van der Waals surface area contributed by atoms with Crippen molar-refractivity contribution < 1.29 is 14.3 Å². The Bertz CT molecular complexity index is 384. The molecule has 2 aliphatic heterocycles. The van der Waals surface area contributed by atoms with Crippen molar-refractivity contribution in [2.24, 2.45) is 0 Å². The molecule has 2 fully saturated rings. The molecule has 0 aromatic heterocycles. The number of rotatable bonds is 5. The van der Waals surface area contributed by atoms with Crippen LogP contribution in [-0.2, 0) is 9.47 Å². The van der Waals surface area contributed by atoms with Gasteiger partial charge in [0.05, 0.1) is 25.4 Å². The first-order valence-corrected chi connectivity index (χ1v) is 5.90. The number of carbonyl (C=O) groups excluding carboxylic acids is 1. The minimum absolute atomic E-state index is 0.0663. The molecule has 1 aromatic rings. The fourth-order valence-corrected chi connectivity index (χ4v) is 1.84. The molecule has 17 heavy (non-hydrogen) atoms. The lowest BCUT2D eigenvalue weighted by atomic mass is 10.2. The summed E-state index contributed by atoms with van der Waals surface area (Å²) in [4.78, 5) is 14.1. The Kier molecular flexibility index (Phi) is 2.82. The van der Waals surface area contributed by atoms with Crippen molar-refractivity contribution in [3.63, 3.8) is 0 Å². The zero-order chi connectivity index (χ0) is 11.7. The van der Waals surface area contributed by atoms with Crippen molar-refractivity contribution in [1.29, 1.82) is 0 Å². The lowest BCUT2D eigenvalue weighted by molar-refractivity contribution is 0.0729. The standard InChI is InChI=1S/C13H15NO3/c15-13(10-4-2-1-3-5-10)14(6-11-8-16-11)7-12-9-17-12/h1-5,11-12H,6-9H2. The van der Waals surface area contributed by atoms with E-state index in [4.69, 9.17) is 9.47 Å². The van der Waals surface area contributed by atoms with Gasteiger partial charge in [0.2, 0.25) is 0 Å². The number of carbonyl (C=O) groups is 1. The van der Waals surface area contributed by atoms with Crippen molar-refractivity contribution in [2.45, 2.75) is 12.2 Å². The van der Waals surface area contributed by atoms with Crippen LogP contribution in [0.25, 0.3) is 0 Å². The second-order valence-corrected chi connectivity index (χ2v) is 4.49. The molecular weight excluding hydrogens is 218 g/mol. The molecule has 1 aromatic carbocycles. The fourth-order valence-electron chi connectivity index (χ4n) is 1.84. The molecule has 0 aliphatic carbocycles. The Hall–Kier alpha value is -1.39. The summed E-state index contributed by atoms with van der Waals surface area (Å²) in [5, 5.41) is 0. The van der Waals surface area contributed by atoms with Gasteiger partial charge in [-0.05, 0) is 12.1 Å². The third-order valence-corrected chi connectivity index (χ3v) is 2.96. The molecule has 2 saturated heterocycles. The average Bonchev–Trinajstić information content (AvgIpc) is 3.23. The van der Waals surface area contributed by atoms with E-state index in [1.807, 2.05) is 35.2 Å². The van der Waals surface area contributed by atoms with Crippen LogP contribution in [0.15, 0.2) is 30.3 Å². The maximum absolute atomic E-state index is 12.3. The van der Waals surface area contributed by atoms with Gasteiger partial charge in [-0.15, -0.1) is 0 Å².